The molecule has 2 N–H and O–H groups in total. The lowest BCUT2D eigenvalue weighted by atomic mass is 10.1. The Labute approximate surface area is 155 Å². The van der Waals surface area contributed by atoms with Crippen molar-refractivity contribution < 1.29 is 8.42 Å². The quantitative estimate of drug-likeness (QED) is 0.410. The van der Waals surface area contributed by atoms with E-state index in [-0.39, 0.29) is 29.9 Å². The largest absolute Gasteiger partial charge is 0.356 e. The molecule has 2 aliphatic rings. The number of rotatable bonds is 5. The molecule has 128 valence electrons. The number of hydrogen-bond acceptors (Lipinski definition) is 3. The number of nitrogens with zero attached hydrogens (tertiary/aromatic N) is 1. The molecule has 1 aromatic rings. The number of aliphatic imine (C=N–C) groups is 1. The summed E-state index contributed by atoms with van der Waals surface area (Å²) in [7, 11) is -2.81. The van der Waals surface area contributed by atoms with Gasteiger partial charge in [-0.2, -0.15) is 0 Å². The minimum Gasteiger partial charge on any atom is -0.356 e. The van der Waals surface area contributed by atoms with E-state index in [0.29, 0.717) is 30.6 Å². The molecular weight excluding hydrogens is 425 g/mol. The van der Waals surface area contributed by atoms with E-state index in [1.54, 1.807) is 0 Å². The molecule has 2 fully saturated rings. The Morgan fingerprint density at radius 1 is 1.17 bits per heavy atom. The maximum absolute atomic E-state index is 11.5. The first-order valence-electron chi connectivity index (χ1n) is 7.90. The van der Waals surface area contributed by atoms with Gasteiger partial charge in [0.05, 0.1) is 18.1 Å². The third-order valence-electron chi connectivity index (χ3n) is 4.07. The van der Waals surface area contributed by atoms with Crippen molar-refractivity contribution in [3.63, 3.8) is 0 Å². The van der Waals surface area contributed by atoms with Gasteiger partial charge in [-0.25, -0.2) is 13.4 Å². The number of nitrogens with one attached hydrogen (secondary N) is 2. The zero-order valence-corrected chi connectivity index (χ0v) is 16.2. The van der Waals surface area contributed by atoms with E-state index >= 15 is 0 Å². The van der Waals surface area contributed by atoms with Gasteiger partial charge in [-0.05, 0) is 30.7 Å². The van der Waals surface area contributed by atoms with E-state index in [4.69, 9.17) is 0 Å². The Balaban J connectivity index is 0.00000192. The molecule has 0 radical (unpaired) electrons. The molecule has 1 aromatic carbocycles. The molecule has 1 aliphatic heterocycles. The Morgan fingerprint density at radius 3 is 2.52 bits per heavy atom. The molecule has 7 heteroatoms. The summed E-state index contributed by atoms with van der Waals surface area (Å²) in [5, 5.41) is 6.71. The fourth-order valence-corrected chi connectivity index (χ4v) is 4.46. The molecule has 0 aromatic heterocycles. The molecule has 1 heterocycles. The van der Waals surface area contributed by atoms with Crippen LogP contribution in [0.4, 0.5) is 0 Å². The number of halogens is 1. The van der Waals surface area contributed by atoms with Crippen LogP contribution in [0.25, 0.3) is 0 Å². The lowest BCUT2D eigenvalue weighted by Gasteiger charge is -2.14. The van der Waals surface area contributed by atoms with Crippen molar-refractivity contribution in [1.82, 2.24) is 10.6 Å². The maximum atomic E-state index is 11.5. The van der Waals surface area contributed by atoms with Crippen molar-refractivity contribution in [2.75, 3.05) is 18.1 Å². The number of benzene rings is 1. The fourth-order valence-electron chi connectivity index (χ4n) is 2.60. The van der Waals surface area contributed by atoms with Gasteiger partial charge in [0.15, 0.2) is 15.8 Å². The molecule has 5 nitrogen and oxygen atoms in total. The molecule has 23 heavy (non-hydrogen) atoms. The first kappa shape index (κ1) is 18.5. The molecule has 1 saturated heterocycles. The lowest BCUT2D eigenvalue weighted by molar-refractivity contribution is 0.566. The van der Waals surface area contributed by atoms with Gasteiger partial charge in [-0.3, -0.25) is 0 Å². The van der Waals surface area contributed by atoms with Crippen LogP contribution in [-0.4, -0.2) is 38.5 Å². The van der Waals surface area contributed by atoms with Crippen LogP contribution in [0.15, 0.2) is 35.3 Å². The van der Waals surface area contributed by atoms with Gasteiger partial charge in [0.2, 0.25) is 0 Å². The van der Waals surface area contributed by atoms with Gasteiger partial charge in [0, 0.05) is 12.6 Å². The van der Waals surface area contributed by atoms with E-state index in [1.165, 1.54) is 18.4 Å². The number of guanidine groups is 1. The molecule has 1 atom stereocenters. The smallest absolute Gasteiger partial charge is 0.191 e. The highest BCUT2D eigenvalue weighted by Crippen LogP contribution is 2.19. The zero-order chi connectivity index (χ0) is 15.4. The Kier molecular flexibility index (Phi) is 6.70. The van der Waals surface area contributed by atoms with E-state index in [2.05, 4.69) is 27.8 Å². The third kappa shape index (κ3) is 6.29. The standard InChI is InChI=1S/C16H23N3O2S.HI/c20-22(21)9-8-14(12-22)11-18-16(19-15-6-7-15)17-10-13-4-2-1-3-5-13;/h1-5,14-15H,6-12H2,(H2,17,18,19);1H. The van der Waals surface area contributed by atoms with Crippen LogP contribution in [0.3, 0.4) is 0 Å². The average Bonchev–Trinajstić information content (AvgIpc) is 3.25. The predicted molar refractivity (Wildman–Crippen MR) is 104 cm³/mol. The zero-order valence-electron chi connectivity index (χ0n) is 13.1. The molecule has 0 spiro atoms. The van der Waals surface area contributed by atoms with E-state index in [0.717, 1.165) is 12.4 Å². The van der Waals surface area contributed by atoms with Gasteiger partial charge in [0.1, 0.15) is 0 Å². The lowest BCUT2D eigenvalue weighted by Crippen LogP contribution is -2.41. The van der Waals surface area contributed by atoms with Crippen molar-refractivity contribution in [3.8, 4) is 0 Å². The van der Waals surface area contributed by atoms with Gasteiger partial charge < -0.3 is 10.6 Å². The highest BCUT2D eigenvalue weighted by atomic mass is 127. The molecule has 1 unspecified atom stereocenters. The Hall–Kier alpha value is -0.830. The fraction of sp³-hybridized carbons (Fsp3) is 0.562. The Bertz CT molecular complexity index is 630. The summed E-state index contributed by atoms with van der Waals surface area (Å²) in [5.74, 6) is 1.63. The molecule has 0 bridgehead atoms. The van der Waals surface area contributed by atoms with Gasteiger partial charge >= 0.3 is 0 Å². The monoisotopic (exact) mass is 449 g/mol. The van der Waals surface area contributed by atoms with Crippen LogP contribution in [0.1, 0.15) is 24.8 Å². The first-order chi connectivity index (χ1) is 10.6. The van der Waals surface area contributed by atoms with Crippen molar-refractivity contribution in [2.24, 2.45) is 10.9 Å². The van der Waals surface area contributed by atoms with E-state index in [9.17, 15) is 8.42 Å². The van der Waals surface area contributed by atoms with E-state index in [1.807, 2.05) is 18.2 Å². The van der Waals surface area contributed by atoms with Crippen molar-refractivity contribution in [2.45, 2.75) is 31.8 Å². The third-order valence-corrected chi connectivity index (χ3v) is 5.90. The topological polar surface area (TPSA) is 70.6 Å². The summed E-state index contributed by atoms with van der Waals surface area (Å²) in [6.45, 7) is 1.30. The van der Waals surface area contributed by atoms with Crippen LogP contribution in [0.5, 0.6) is 0 Å². The van der Waals surface area contributed by atoms with Crippen LogP contribution >= 0.6 is 24.0 Å². The average molecular weight is 449 g/mol. The molecular formula is C16H24IN3O2S. The number of hydrogen-bond donors (Lipinski definition) is 2. The van der Waals surface area contributed by atoms with Gasteiger partial charge in [0.25, 0.3) is 0 Å². The normalized spacial score (nSPS) is 23.1. The Morgan fingerprint density at radius 2 is 1.91 bits per heavy atom. The second-order valence-corrected chi connectivity index (χ2v) is 8.45. The highest BCUT2D eigenvalue weighted by Gasteiger charge is 2.28. The molecule has 0 amide bonds. The highest BCUT2D eigenvalue weighted by molar-refractivity contribution is 14.0. The van der Waals surface area contributed by atoms with Gasteiger partial charge in [-0.1, -0.05) is 30.3 Å². The van der Waals surface area contributed by atoms with Crippen molar-refractivity contribution in [3.05, 3.63) is 35.9 Å². The summed E-state index contributed by atoms with van der Waals surface area (Å²) in [6, 6.07) is 10.7. The molecule has 1 aliphatic carbocycles. The van der Waals surface area contributed by atoms with Crippen LogP contribution < -0.4 is 10.6 Å². The SMILES string of the molecule is I.O=S1(=O)CCC(CNC(=NCc2ccccc2)NC2CC2)C1. The predicted octanol–water partition coefficient (Wildman–Crippen LogP) is 1.94. The second-order valence-electron chi connectivity index (χ2n) is 6.22. The minimum atomic E-state index is -2.81. The maximum Gasteiger partial charge on any atom is 0.191 e. The van der Waals surface area contributed by atoms with Crippen LogP contribution in [-0.2, 0) is 16.4 Å². The van der Waals surface area contributed by atoms with Crippen molar-refractivity contribution >= 4 is 39.8 Å². The first-order valence-corrected chi connectivity index (χ1v) is 9.72. The molecule has 1 saturated carbocycles. The summed E-state index contributed by atoms with van der Waals surface area (Å²) in [4.78, 5) is 4.62. The van der Waals surface area contributed by atoms with Crippen LogP contribution in [0, 0.1) is 5.92 Å². The van der Waals surface area contributed by atoms with Crippen LogP contribution in [0.2, 0.25) is 0 Å². The van der Waals surface area contributed by atoms with Gasteiger partial charge in [-0.15, -0.1) is 24.0 Å². The summed E-state index contributed by atoms with van der Waals surface area (Å²) < 4.78 is 23.0. The van der Waals surface area contributed by atoms with E-state index < -0.39 is 9.84 Å². The minimum absolute atomic E-state index is 0. The van der Waals surface area contributed by atoms with Crippen molar-refractivity contribution in [1.29, 1.82) is 0 Å². The number of sulfone groups is 1. The second kappa shape index (κ2) is 8.32. The molecule has 3 rings (SSSR count). The summed E-state index contributed by atoms with van der Waals surface area (Å²) >= 11 is 0. The summed E-state index contributed by atoms with van der Waals surface area (Å²) in [6.07, 6.45) is 3.12. The summed E-state index contributed by atoms with van der Waals surface area (Å²) in [5.41, 5.74) is 1.17.